The first kappa shape index (κ1) is 21.2. The van der Waals surface area contributed by atoms with Gasteiger partial charge in [0.25, 0.3) is 0 Å². The Bertz CT molecular complexity index is 1080. The van der Waals surface area contributed by atoms with Crippen molar-refractivity contribution in [1.29, 1.82) is 0 Å². The van der Waals surface area contributed by atoms with Gasteiger partial charge >= 0.3 is 0 Å². The van der Waals surface area contributed by atoms with Crippen LogP contribution < -0.4 is 0 Å². The maximum absolute atomic E-state index is 13.5. The zero-order valence-electron chi connectivity index (χ0n) is 17.0. The fraction of sp³-hybridized carbons (Fsp3) is 0.240. The van der Waals surface area contributed by atoms with Gasteiger partial charge in [-0.2, -0.15) is 0 Å². The highest BCUT2D eigenvalue weighted by Gasteiger charge is 2.35. The number of amides is 1. The normalized spacial score (nSPS) is 15.2. The number of carbonyl (C=O) groups is 1. The summed E-state index contributed by atoms with van der Waals surface area (Å²) < 4.78 is 39.0. The van der Waals surface area contributed by atoms with E-state index in [4.69, 9.17) is 0 Å². The molecule has 0 unspecified atom stereocenters. The van der Waals surface area contributed by atoms with E-state index in [9.17, 15) is 17.6 Å². The third-order valence-corrected chi connectivity index (χ3v) is 8.13. The zero-order valence-corrected chi connectivity index (χ0v) is 17.8. The van der Waals surface area contributed by atoms with Gasteiger partial charge in [0.05, 0.1) is 16.1 Å². The summed E-state index contributed by atoms with van der Waals surface area (Å²) in [4.78, 5) is 15.4. The smallest absolute Gasteiger partial charge is 0.234 e. The molecule has 4 rings (SSSR count). The average Bonchev–Trinajstić information content (AvgIpc) is 2.81. The van der Waals surface area contributed by atoms with Crippen LogP contribution in [-0.4, -0.2) is 37.6 Å². The van der Waals surface area contributed by atoms with Crippen LogP contribution in [0.4, 0.5) is 4.39 Å². The highest BCUT2D eigenvalue weighted by Crippen LogP contribution is 2.30. The molecular weight excluding hydrogens is 413 g/mol. The lowest BCUT2D eigenvalue weighted by Crippen LogP contribution is -2.44. The molecule has 1 saturated heterocycles. The molecule has 3 aromatic carbocycles. The van der Waals surface area contributed by atoms with Crippen LogP contribution in [0.5, 0.6) is 0 Å². The fourth-order valence-corrected chi connectivity index (χ4v) is 5.89. The molecule has 6 heteroatoms. The SMILES string of the molecule is O=C(C(c1ccccc1)c1ccccc1)N1CCC(S(=O)(=O)c2ccc(F)cc2)CC1. The van der Waals surface area contributed by atoms with Crippen molar-refractivity contribution in [1.82, 2.24) is 4.90 Å². The predicted octanol–water partition coefficient (Wildman–Crippen LogP) is 4.42. The average molecular weight is 438 g/mol. The number of likely N-dealkylation sites (tertiary alicyclic amines) is 1. The third kappa shape index (κ3) is 4.54. The Morgan fingerprint density at radius 3 is 1.77 bits per heavy atom. The monoisotopic (exact) mass is 437 g/mol. The minimum absolute atomic E-state index is 0.0185. The van der Waals surface area contributed by atoms with E-state index in [1.807, 2.05) is 60.7 Å². The fourth-order valence-electron chi connectivity index (χ4n) is 4.15. The minimum atomic E-state index is -3.56. The van der Waals surface area contributed by atoms with E-state index >= 15 is 0 Å². The second kappa shape index (κ2) is 9.02. The maximum atomic E-state index is 13.5. The first-order chi connectivity index (χ1) is 15.0. The quantitative estimate of drug-likeness (QED) is 0.555. The summed E-state index contributed by atoms with van der Waals surface area (Å²) in [6.07, 6.45) is 0.726. The second-order valence-electron chi connectivity index (χ2n) is 7.78. The van der Waals surface area contributed by atoms with Crippen LogP contribution in [0, 0.1) is 5.82 Å². The second-order valence-corrected chi connectivity index (χ2v) is 10.0. The Labute approximate surface area is 182 Å². The molecule has 0 aromatic heterocycles. The highest BCUT2D eigenvalue weighted by atomic mass is 32.2. The van der Waals surface area contributed by atoms with Gasteiger partial charge in [-0.05, 0) is 48.2 Å². The number of sulfone groups is 1. The molecule has 0 N–H and O–H groups in total. The Kier molecular flexibility index (Phi) is 6.18. The van der Waals surface area contributed by atoms with Gasteiger partial charge in [0.15, 0.2) is 9.84 Å². The first-order valence-corrected chi connectivity index (χ1v) is 11.9. The summed E-state index contributed by atoms with van der Waals surface area (Å²) in [5.74, 6) is -0.907. The Balaban J connectivity index is 1.52. The molecule has 0 atom stereocenters. The van der Waals surface area contributed by atoms with E-state index in [-0.39, 0.29) is 10.8 Å². The van der Waals surface area contributed by atoms with Gasteiger partial charge in [0.1, 0.15) is 5.82 Å². The van der Waals surface area contributed by atoms with Crippen LogP contribution >= 0.6 is 0 Å². The van der Waals surface area contributed by atoms with Gasteiger partial charge < -0.3 is 4.90 Å². The Morgan fingerprint density at radius 2 is 1.29 bits per heavy atom. The van der Waals surface area contributed by atoms with Crippen molar-refractivity contribution in [2.24, 2.45) is 0 Å². The van der Waals surface area contributed by atoms with Crippen molar-refractivity contribution in [2.75, 3.05) is 13.1 Å². The molecule has 1 heterocycles. The van der Waals surface area contributed by atoms with E-state index in [1.165, 1.54) is 12.1 Å². The summed E-state index contributed by atoms with van der Waals surface area (Å²) in [5.41, 5.74) is 1.83. The van der Waals surface area contributed by atoms with Crippen molar-refractivity contribution >= 4 is 15.7 Å². The molecule has 3 aromatic rings. The summed E-state index contributed by atoms with van der Waals surface area (Å²) in [7, 11) is -3.56. The van der Waals surface area contributed by atoms with E-state index in [0.717, 1.165) is 23.3 Å². The van der Waals surface area contributed by atoms with Gasteiger partial charge in [0.2, 0.25) is 5.91 Å². The van der Waals surface area contributed by atoms with Gasteiger partial charge in [0, 0.05) is 13.1 Å². The number of piperidine rings is 1. The summed E-state index contributed by atoms with van der Waals surface area (Å²) in [6.45, 7) is 0.750. The molecule has 4 nitrogen and oxygen atoms in total. The minimum Gasteiger partial charge on any atom is -0.342 e. The Morgan fingerprint density at radius 1 is 0.806 bits per heavy atom. The van der Waals surface area contributed by atoms with Crippen molar-refractivity contribution in [3.63, 3.8) is 0 Å². The third-order valence-electron chi connectivity index (χ3n) is 5.85. The van der Waals surface area contributed by atoms with E-state index in [0.29, 0.717) is 25.9 Å². The van der Waals surface area contributed by atoms with Gasteiger partial charge in [-0.15, -0.1) is 0 Å². The maximum Gasteiger partial charge on any atom is 0.234 e. The summed E-state index contributed by atoms with van der Waals surface area (Å²) in [6, 6.07) is 24.2. The topological polar surface area (TPSA) is 54.5 Å². The van der Waals surface area contributed by atoms with Crippen molar-refractivity contribution in [3.05, 3.63) is 102 Å². The van der Waals surface area contributed by atoms with Crippen LogP contribution in [0.25, 0.3) is 0 Å². The van der Waals surface area contributed by atoms with Crippen LogP contribution in [-0.2, 0) is 14.6 Å². The first-order valence-electron chi connectivity index (χ1n) is 10.3. The van der Waals surface area contributed by atoms with Gasteiger partial charge in [-0.3, -0.25) is 4.79 Å². The molecular formula is C25H24FNO3S. The van der Waals surface area contributed by atoms with Crippen LogP contribution in [0.2, 0.25) is 0 Å². The van der Waals surface area contributed by atoms with E-state index in [2.05, 4.69) is 0 Å². The number of hydrogen-bond acceptors (Lipinski definition) is 3. The van der Waals surface area contributed by atoms with E-state index in [1.54, 1.807) is 4.90 Å². The van der Waals surface area contributed by atoms with Crippen molar-refractivity contribution in [3.8, 4) is 0 Å². The lowest BCUT2D eigenvalue weighted by Gasteiger charge is -2.34. The summed E-state index contributed by atoms with van der Waals surface area (Å²) >= 11 is 0. The number of carbonyl (C=O) groups excluding carboxylic acids is 1. The molecule has 0 saturated carbocycles. The molecule has 0 aliphatic carbocycles. The predicted molar refractivity (Wildman–Crippen MR) is 118 cm³/mol. The zero-order chi connectivity index (χ0) is 21.8. The molecule has 1 fully saturated rings. The van der Waals surface area contributed by atoms with Crippen molar-refractivity contribution < 1.29 is 17.6 Å². The van der Waals surface area contributed by atoms with Crippen molar-refractivity contribution in [2.45, 2.75) is 28.9 Å². The molecule has 0 radical (unpaired) electrons. The van der Waals surface area contributed by atoms with Crippen LogP contribution in [0.15, 0.2) is 89.8 Å². The number of hydrogen-bond donors (Lipinski definition) is 0. The lowest BCUT2D eigenvalue weighted by atomic mass is 9.89. The molecule has 0 spiro atoms. The standard InChI is InChI=1S/C25H24FNO3S/c26-21-11-13-22(14-12-21)31(29,30)23-15-17-27(18-16-23)25(28)24(19-7-3-1-4-8-19)20-9-5-2-6-10-20/h1-14,23-24H,15-18H2. The molecule has 1 aliphatic rings. The number of nitrogens with zero attached hydrogens (tertiary/aromatic N) is 1. The molecule has 31 heavy (non-hydrogen) atoms. The van der Waals surface area contributed by atoms with E-state index < -0.39 is 26.8 Å². The summed E-state index contributed by atoms with van der Waals surface area (Å²) in [5, 5.41) is -0.575. The molecule has 0 bridgehead atoms. The molecule has 1 aliphatic heterocycles. The molecule has 1 amide bonds. The largest absolute Gasteiger partial charge is 0.342 e. The van der Waals surface area contributed by atoms with Crippen LogP contribution in [0.3, 0.4) is 0 Å². The molecule has 160 valence electrons. The lowest BCUT2D eigenvalue weighted by molar-refractivity contribution is -0.132. The number of halogens is 1. The highest BCUT2D eigenvalue weighted by molar-refractivity contribution is 7.92. The van der Waals surface area contributed by atoms with Crippen LogP contribution in [0.1, 0.15) is 29.9 Å². The number of rotatable bonds is 5. The Hall–Kier alpha value is -2.99. The van der Waals surface area contributed by atoms with Gasteiger partial charge in [-0.25, -0.2) is 12.8 Å². The number of benzene rings is 3. The van der Waals surface area contributed by atoms with Gasteiger partial charge in [-0.1, -0.05) is 60.7 Å².